The Kier molecular flexibility index (Phi) is 5.52. The molecule has 4 heterocycles. The molecule has 0 aliphatic rings. The first kappa shape index (κ1) is 22.3. The Labute approximate surface area is 205 Å². The molecule has 1 aromatic carbocycles. The van der Waals surface area contributed by atoms with E-state index >= 15 is 0 Å². The quantitative estimate of drug-likeness (QED) is 0.392. The second-order valence-corrected chi connectivity index (χ2v) is 8.14. The van der Waals surface area contributed by atoms with Crippen molar-refractivity contribution < 1.29 is 0 Å². The number of aromatic amines is 1. The lowest BCUT2D eigenvalue weighted by Crippen LogP contribution is -2.33. The van der Waals surface area contributed by atoms with Gasteiger partial charge < -0.3 is 4.57 Å². The van der Waals surface area contributed by atoms with E-state index in [2.05, 4.69) is 15.2 Å². The number of aromatic nitrogens is 7. The zero-order valence-electron chi connectivity index (χ0n) is 17.5. The smallest absolute Gasteiger partial charge is 0.301 e. The molecule has 11 nitrogen and oxygen atoms in total. The summed E-state index contributed by atoms with van der Waals surface area (Å²) in [7, 11) is 0. The number of pyridine rings is 2. The number of fused-ring (bicyclic) bond motifs is 1. The predicted octanol–water partition coefficient (Wildman–Crippen LogP) is 2.04. The molecule has 0 atom stereocenters. The molecule has 0 saturated heterocycles. The van der Waals surface area contributed by atoms with Gasteiger partial charge in [-0.3, -0.25) is 19.6 Å². The van der Waals surface area contributed by atoms with E-state index in [0.29, 0.717) is 23.3 Å². The van der Waals surface area contributed by atoms with E-state index < -0.39 is 16.9 Å². The van der Waals surface area contributed by atoms with E-state index in [1.807, 2.05) is 17.1 Å². The first-order valence-electron chi connectivity index (χ1n) is 9.97. The summed E-state index contributed by atoms with van der Waals surface area (Å²) in [6.07, 6.45) is 4.83. The lowest BCUT2D eigenvalue weighted by atomic mass is 10.2. The molecule has 0 saturated carbocycles. The van der Waals surface area contributed by atoms with Crippen molar-refractivity contribution in [1.82, 2.24) is 34.1 Å². The molecule has 0 aliphatic heterocycles. The number of rotatable bonds is 4. The van der Waals surface area contributed by atoms with Crippen molar-refractivity contribution in [2.75, 3.05) is 0 Å². The van der Waals surface area contributed by atoms with Gasteiger partial charge in [0.15, 0.2) is 0 Å². The molecule has 172 valence electrons. The zero-order chi connectivity index (χ0) is 24.7. The second-order valence-electron chi connectivity index (χ2n) is 7.33. The molecule has 0 amide bonds. The van der Waals surface area contributed by atoms with E-state index in [1.165, 1.54) is 29.1 Å². The number of nitrogens with one attached hydrogen (secondary N) is 1. The van der Waals surface area contributed by atoms with Crippen LogP contribution < -0.4 is 16.8 Å². The van der Waals surface area contributed by atoms with Gasteiger partial charge in [0.2, 0.25) is 5.69 Å². The number of hydrogen-bond acceptors (Lipinski definition) is 7. The molecule has 13 heteroatoms. The molecule has 0 radical (unpaired) electrons. The fourth-order valence-corrected chi connectivity index (χ4v) is 4.24. The third-order valence-corrected chi connectivity index (χ3v) is 5.78. The minimum atomic E-state index is -0.900. The van der Waals surface area contributed by atoms with Gasteiger partial charge in [-0.25, -0.2) is 9.48 Å². The fraction of sp³-hybridized carbons (Fsp3) is 0.0455. The van der Waals surface area contributed by atoms with E-state index in [9.17, 15) is 14.4 Å². The van der Waals surface area contributed by atoms with E-state index in [4.69, 9.17) is 28.5 Å². The number of hydrogen-bond donors (Lipinski definition) is 1. The highest BCUT2D eigenvalue weighted by atomic mass is 35.5. The maximum Gasteiger partial charge on any atom is 0.349 e. The van der Waals surface area contributed by atoms with Crippen LogP contribution >= 0.6 is 23.2 Å². The van der Waals surface area contributed by atoms with Crippen LogP contribution in [0.1, 0.15) is 11.3 Å². The molecule has 5 rings (SSSR count). The summed E-state index contributed by atoms with van der Waals surface area (Å²) in [4.78, 5) is 42.5. The normalized spacial score (nSPS) is 11.0. The van der Waals surface area contributed by atoms with Crippen molar-refractivity contribution in [2.45, 2.75) is 6.54 Å². The van der Waals surface area contributed by atoms with Gasteiger partial charge in [-0.1, -0.05) is 23.2 Å². The highest BCUT2D eigenvalue weighted by Gasteiger charge is 2.18. The maximum atomic E-state index is 12.6. The number of H-pyrrole nitrogens is 1. The second kappa shape index (κ2) is 8.68. The van der Waals surface area contributed by atoms with Gasteiger partial charge in [-0.05, 0) is 35.9 Å². The SMILES string of the molecule is N#Cc1nn(-c2cc(Cl)c(-n3ncc4c3ccc(=O)n4Cc3ccncc3)c(Cl)c2)c(=O)[nH]c1=O. The van der Waals surface area contributed by atoms with Gasteiger partial charge in [-0.2, -0.15) is 15.0 Å². The van der Waals surface area contributed by atoms with Crippen molar-refractivity contribution in [3.05, 3.63) is 107 Å². The topological polar surface area (TPSA) is 144 Å². The van der Waals surface area contributed by atoms with Crippen molar-refractivity contribution in [2.24, 2.45) is 0 Å². The average Bonchev–Trinajstić information content (AvgIpc) is 3.25. The van der Waals surface area contributed by atoms with Crippen molar-refractivity contribution in [1.29, 1.82) is 5.26 Å². The van der Waals surface area contributed by atoms with Crippen LogP contribution in [-0.4, -0.2) is 34.1 Å². The molecule has 0 aliphatic carbocycles. The minimum absolute atomic E-state index is 0.114. The van der Waals surface area contributed by atoms with Crippen LogP contribution in [0.2, 0.25) is 10.0 Å². The first-order valence-corrected chi connectivity index (χ1v) is 10.7. The van der Waals surface area contributed by atoms with E-state index in [1.54, 1.807) is 29.1 Å². The third-order valence-electron chi connectivity index (χ3n) is 5.21. The van der Waals surface area contributed by atoms with Crippen LogP contribution in [0.15, 0.2) is 69.4 Å². The Morgan fingerprint density at radius 1 is 0.971 bits per heavy atom. The van der Waals surface area contributed by atoms with E-state index in [-0.39, 0.29) is 21.3 Å². The summed E-state index contributed by atoms with van der Waals surface area (Å²) in [5.74, 6) is 0. The highest BCUT2D eigenvalue weighted by Crippen LogP contribution is 2.32. The van der Waals surface area contributed by atoms with Gasteiger partial charge in [0.1, 0.15) is 11.8 Å². The monoisotopic (exact) mass is 506 g/mol. The molecule has 4 aromatic heterocycles. The Hall–Kier alpha value is -4.53. The number of nitriles is 1. The first-order chi connectivity index (χ1) is 16.9. The summed E-state index contributed by atoms with van der Waals surface area (Å²) in [5, 5.41) is 17.4. The van der Waals surface area contributed by atoms with Gasteiger partial charge in [-0.15, -0.1) is 5.10 Å². The molecule has 1 N–H and O–H groups in total. The summed E-state index contributed by atoms with van der Waals surface area (Å²) in [6, 6.07) is 11.1. The van der Waals surface area contributed by atoms with Gasteiger partial charge in [0.25, 0.3) is 11.1 Å². The van der Waals surface area contributed by atoms with Crippen molar-refractivity contribution >= 4 is 34.2 Å². The molecule has 0 fully saturated rings. The predicted molar refractivity (Wildman–Crippen MR) is 127 cm³/mol. The molecule has 5 aromatic rings. The molecule has 0 unspecified atom stereocenters. The molecule has 0 bridgehead atoms. The summed E-state index contributed by atoms with van der Waals surface area (Å²) in [6.45, 7) is 0.312. The van der Waals surface area contributed by atoms with Crippen LogP contribution in [-0.2, 0) is 6.54 Å². The molecule has 0 spiro atoms. The Bertz CT molecular complexity index is 1810. The van der Waals surface area contributed by atoms with Crippen molar-refractivity contribution in [3.63, 3.8) is 0 Å². The Morgan fingerprint density at radius 2 is 1.69 bits per heavy atom. The largest absolute Gasteiger partial charge is 0.349 e. The maximum absolute atomic E-state index is 12.6. The van der Waals surface area contributed by atoms with Gasteiger partial charge in [0.05, 0.1) is 39.5 Å². The summed E-state index contributed by atoms with van der Waals surface area (Å²) >= 11 is 13.1. The van der Waals surface area contributed by atoms with Gasteiger partial charge >= 0.3 is 5.69 Å². The lowest BCUT2D eigenvalue weighted by Gasteiger charge is -2.12. The molecular weight excluding hydrogens is 495 g/mol. The van der Waals surface area contributed by atoms with Crippen LogP contribution in [0.25, 0.3) is 22.4 Å². The summed E-state index contributed by atoms with van der Waals surface area (Å²) in [5.41, 5.74) is -0.0135. The zero-order valence-corrected chi connectivity index (χ0v) is 19.0. The number of benzene rings is 1. The Balaban J connectivity index is 1.64. The molecule has 35 heavy (non-hydrogen) atoms. The standard InChI is InChI=1S/C22H12Cl2N8O3/c23-14-7-13(31-22(35)28-21(34)16(9-25)29-31)8-15(24)20(14)32-17-1-2-19(33)30(18(17)10-27-32)11-12-3-5-26-6-4-12/h1-8,10H,11H2,(H,28,34,35). The highest BCUT2D eigenvalue weighted by molar-refractivity contribution is 6.38. The average molecular weight is 507 g/mol. The van der Waals surface area contributed by atoms with E-state index in [0.717, 1.165) is 10.2 Å². The fourth-order valence-electron chi connectivity index (χ4n) is 3.61. The summed E-state index contributed by atoms with van der Waals surface area (Å²) < 4.78 is 3.86. The minimum Gasteiger partial charge on any atom is -0.301 e. The van der Waals surface area contributed by atoms with Crippen LogP contribution in [0.3, 0.4) is 0 Å². The molecular formula is C22H12Cl2N8O3. The van der Waals surface area contributed by atoms with Crippen molar-refractivity contribution in [3.8, 4) is 17.4 Å². The lowest BCUT2D eigenvalue weighted by molar-refractivity contribution is 0.740. The Morgan fingerprint density at radius 3 is 2.37 bits per heavy atom. The van der Waals surface area contributed by atoms with Gasteiger partial charge in [0, 0.05) is 18.5 Å². The van der Waals surface area contributed by atoms with Crippen LogP contribution in [0.4, 0.5) is 0 Å². The third kappa shape index (κ3) is 3.90. The number of halogens is 2. The van der Waals surface area contributed by atoms with Crippen LogP contribution in [0, 0.1) is 11.3 Å². The van der Waals surface area contributed by atoms with Crippen LogP contribution in [0.5, 0.6) is 0 Å². The number of nitrogens with zero attached hydrogens (tertiary/aromatic N) is 7.